The second-order valence-corrected chi connectivity index (χ2v) is 7.17. The van der Waals surface area contributed by atoms with Crippen molar-refractivity contribution in [2.75, 3.05) is 13.7 Å². The van der Waals surface area contributed by atoms with Gasteiger partial charge in [-0.05, 0) is 48.4 Å². The SMILES string of the molecule is CCOc1ccc(/C=C(/C(=O)NCc2ccccc2)c2nc3ccccc3[nH]2)cc1OC. The summed E-state index contributed by atoms with van der Waals surface area (Å²) in [4.78, 5) is 21.1. The van der Waals surface area contributed by atoms with Crippen molar-refractivity contribution in [1.29, 1.82) is 0 Å². The Labute approximate surface area is 186 Å². The number of amides is 1. The molecule has 0 unspecified atom stereocenters. The maximum atomic E-state index is 13.2. The van der Waals surface area contributed by atoms with Crippen LogP contribution in [0.15, 0.2) is 72.8 Å². The van der Waals surface area contributed by atoms with Crippen LogP contribution in [0, 0.1) is 0 Å². The number of imidazole rings is 1. The molecule has 0 aliphatic rings. The summed E-state index contributed by atoms with van der Waals surface area (Å²) in [6, 6.07) is 23.1. The van der Waals surface area contributed by atoms with Crippen molar-refractivity contribution in [2.24, 2.45) is 0 Å². The summed E-state index contributed by atoms with van der Waals surface area (Å²) < 4.78 is 11.1. The first-order valence-corrected chi connectivity index (χ1v) is 10.5. The molecule has 0 saturated heterocycles. The number of benzene rings is 3. The van der Waals surface area contributed by atoms with E-state index < -0.39 is 0 Å². The topological polar surface area (TPSA) is 76.2 Å². The summed E-state index contributed by atoms with van der Waals surface area (Å²) in [5, 5.41) is 3.00. The molecular weight excluding hydrogens is 402 g/mol. The number of hydrogen-bond donors (Lipinski definition) is 2. The third kappa shape index (κ3) is 4.81. The Morgan fingerprint density at radius 3 is 2.56 bits per heavy atom. The van der Waals surface area contributed by atoms with Crippen LogP contribution in [0.5, 0.6) is 11.5 Å². The zero-order valence-electron chi connectivity index (χ0n) is 18.1. The minimum atomic E-state index is -0.222. The lowest BCUT2D eigenvalue weighted by molar-refractivity contribution is -0.115. The monoisotopic (exact) mass is 427 g/mol. The summed E-state index contributed by atoms with van der Waals surface area (Å²) in [6.07, 6.45) is 1.80. The number of ether oxygens (including phenoxy) is 2. The maximum absolute atomic E-state index is 13.2. The average Bonchev–Trinajstić information content (AvgIpc) is 3.26. The second-order valence-electron chi connectivity index (χ2n) is 7.17. The van der Waals surface area contributed by atoms with E-state index in [1.165, 1.54) is 0 Å². The van der Waals surface area contributed by atoms with E-state index in [4.69, 9.17) is 9.47 Å². The van der Waals surface area contributed by atoms with E-state index in [1.807, 2.05) is 79.7 Å². The summed E-state index contributed by atoms with van der Waals surface area (Å²) in [6.45, 7) is 2.88. The maximum Gasteiger partial charge on any atom is 0.255 e. The number of nitrogens with one attached hydrogen (secondary N) is 2. The molecule has 0 aliphatic heterocycles. The van der Waals surface area contributed by atoms with Crippen LogP contribution in [0.25, 0.3) is 22.7 Å². The molecule has 0 spiro atoms. The summed E-state index contributed by atoms with van der Waals surface area (Å²) in [7, 11) is 1.60. The highest BCUT2D eigenvalue weighted by atomic mass is 16.5. The van der Waals surface area contributed by atoms with Crippen molar-refractivity contribution in [1.82, 2.24) is 15.3 Å². The molecule has 0 bridgehead atoms. The Balaban J connectivity index is 1.70. The van der Waals surface area contributed by atoms with Gasteiger partial charge in [0.2, 0.25) is 0 Å². The fourth-order valence-corrected chi connectivity index (χ4v) is 3.41. The zero-order valence-corrected chi connectivity index (χ0v) is 18.1. The van der Waals surface area contributed by atoms with E-state index in [9.17, 15) is 4.79 Å². The van der Waals surface area contributed by atoms with Crippen molar-refractivity contribution < 1.29 is 14.3 Å². The van der Waals surface area contributed by atoms with Gasteiger partial charge in [-0.1, -0.05) is 48.5 Å². The number of nitrogens with zero attached hydrogens (tertiary/aromatic N) is 1. The van der Waals surface area contributed by atoms with Gasteiger partial charge >= 0.3 is 0 Å². The van der Waals surface area contributed by atoms with Crippen LogP contribution in [0.2, 0.25) is 0 Å². The lowest BCUT2D eigenvalue weighted by Gasteiger charge is -2.11. The summed E-state index contributed by atoms with van der Waals surface area (Å²) >= 11 is 0. The largest absolute Gasteiger partial charge is 0.493 e. The first-order valence-electron chi connectivity index (χ1n) is 10.5. The first-order chi connectivity index (χ1) is 15.7. The van der Waals surface area contributed by atoms with Crippen LogP contribution < -0.4 is 14.8 Å². The third-order valence-corrected chi connectivity index (χ3v) is 4.98. The van der Waals surface area contributed by atoms with Crippen molar-refractivity contribution in [2.45, 2.75) is 13.5 Å². The number of carbonyl (C=O) groups is 1. The predicted octanol–water partition coefficient (Wildman–Crippen LogP) is 4.83. The molecule has 0 aliphatic carbocycles. The van der Waals surface area contributed by atoms with E-state index >= 15 is 0 Å². The lowest BCUT2D eigenvalue weighted by atomic mass is 10.1. The van der Waals surface area contributed by atoms with Crippen molar-refractivity contribution >= 4 is 28.6 Å². The molecule has 2 N–H and O–H groups in total. The molecule has 32 heavy (non-hydrogen) atoms. The molecule has 3 aromatic carbocycles. The lowest BCUT2D eigenvalue weighted by Crippen LogP contribution is -2.24. The Morgan fingerprint density at radius 1 is 1.03 bits per heavy atom. The minimum Gasteiger partial charge on any atom is -0.493 e. The standard InChI is InChI=1S/C26H25N3O3/c1-3-32-23-14-13-19(16-24(23)31-2)15-20(25-28-21-11-7-8-12-22(21)29-25)26(30)27-17-18-9-5-4-6-10-18/h4-16H,3,17H2,1-2H3,(H,27,30)(H,28,29)/b20-15+. The van der Waals surface area contributed by atoms with Gasteiger partial charge in [-0.3, -0.25) is 4.79 Å². The van der Waals surface area contributed by atoms with Gasteiger partial charge in [-0.15, -0.1) is 0 Å². The Bertz CT molecular complexity index is 1210. The molecule has 0 radical (unpaired) electrons. The molecular formula is C26H25N3O3. The highest BCUT2D eigenvalue weighted by molar-refractivity contribution is 6.23. The molecule has 162 valence electrons. The Hall–Kier alpha value is -4.06. The molecule has 6 nitrogen and oxygen atoms in total. The van der Waals surface area contributed by atoms with E-state index in [2.05, 4.69) is 15.3 Å². The molecule has 0 atom stereocenters. The Kier molecular flexibility index (Phi) is 6.51. The fourth-order valence-electron chi connectivity index (χ4n) is 3.41. The van der Waals surface area contributed by atoms with Crippen LogP contribution in [0.3, 0.4) is 0 Å². The van der Waals surface area contributed by atoms with E-state index in [0.29, 0.717) is 36.0 Å². The van der Waals surface area contributed by atoms with Crippen LogP contribution in [-0.4, -0.2) is 29.6 Å². The highest BCUT2D eigenvalue weighted by Gasteiger charge is 2.17. The van der Waals surface area contributed by atoms with E-state index in [1.54, 1.807) is 13.2 Å². The van der Waals surface area contributed by atoms with Crippen LogP contribution in [0.1, 0.15) is 23.9 Å². The number of methoxy groups -OCH3 is 1. The van der Waals surface area contributed by atoms with Crippen molar-refractivity contribution in [3.63, 3.8) is 0 Å². The number of fused-ring (bicyclic) bond motifs is 1. The van der Waals surface area contributed by atoms with Crippen molar-refractivity contribution in [3.05, 3.63) is 89.7 Å². The van der Waals surface area contributed by atoms with Gasteiger partial charge < -0.3 is 19.8 Å². The van der Waals surface area contributed by atoms with Gasteiger partial charge in [0.05, 0.1) is 30.3 Å². The molecule has 4 rings (SSSR count). The quantitative estimate of drug-likeness (QED) is 0.395. The number of aromatic nitrogens is 2. The molecule has 4 aromatic rings. The van der Waals surface area contributed by atoms with Crippen molar-refractivity contribution in [3.8, 4) is 11.5 Å². The minimum absolute atomic E-state index is 0.222. The Morgan fingerprint density at radius 2 is 1.81 bits per heavy atom. The number of rotatable bonds is 8. The zero-order chi connectivity index (χ0) is 22.3. The molecule has 1 aromatic heterocycles. The van der Waals surface area contributed by atoms with Crippen LogP contribution in [-0.2, 0) is 11.3 Å². The van der Waals surface area contributed by atoms with Gasteiger partial charge in [0.25, 0.3) is 5.91 Å². The van der Waals surface area contributed by atoms with Crippen LogP contribution >= 0.6 is 0 Å². The first kappa shape index (κ1) is 21.2. The van der Waals surface area contributed by atoms with Gasteiger partial charge in [0.15, 0.2) is 11.5 Å². The predicted molar refractivity (Wildman–Crippen MR) is 126 cm³/mol. The fraction of sp³-hybridized carbons (Fsp3) is 0.154. The number of carbonyl (C=O) groups excluding carboxylic acids is 1. The smallest absolute Gasteiger partial charge is 0.255 e. The van der Waals surface area contributed by atoms with E-state index in [0.717, 1.165) is 22.2 Å². The average molecular weight is 428 g/mol. The number of aromatic amines is 1. The number of hydrogen-bond acceptors (Lipinski definition) is 4. The van der Waals surface area contributed by atoms with Gasteiger partial charge in [-0.2, -0.15) is 0 Å². The molecule has 1 amide bonds. The summed E-state index contributed by atoms with van der Waals surface area (Å²) in [5.74, 6) is 1.55. The molecule has 1 heterocycles. The van der Waals surface area contributed by atoms with Gasteiger partial charge in [-0.25, -0.2) is 4.98 Å². The highest BCUT2D eigenvalue weighted by Crippen LogP contribution is 2.30. The normalized spacial score (nSPS) is 11.4. The summed E-state index contributed by atoms with van der Waals surface area (Å²) in [5.41, 5.74) is 3.92. The third-order valence-electron chi connectivity index (χ3n) is 4.98. The number of H-pyrrole nitrogens is 1. The second kappa shape index (κ2) is 9.83. The molecule has 0 saturated carbocycles. The van der Waals surface area contributed by atoms with Gasteiger partial charge in [0.1, 0.15) is 5.82 Å². The molecule has 0 fully saturated rings. The molecule has 6 heteroatoms. The number of para-hydroxylation sites is 2. The van der Waals surface area contributed by atoms with Crippen LogP contribution in [0.4, 0.5) is 0 Å². The van der Waals surface area contributed by atoms with Gasteiger partial charge in [0, 0.05) is 6.54 Å². The van der Waals surface area contributed by atoms with E-state index in [-0.39, 0.29) is 5.91 Å².